The number of benzene rings is 1. The largest absolute Gasteiger partial charge is 0.342 e. The van der Waals surface area contributed by atoms with Gasteiger partial charge in [0.25, 0.3) is 0 Å². The first-order chi connectivity index (χ1) is 7.16. The van der Waals surface area contributed by atoms with Gasteiger partial charge in [-0.3, -0.25) is 0 Å². The maximum absolute atomic E-state index is 4.36. The van der Waals surface area contributed by atoms with Crippen LogP contribution in [0.25, 0.3) is 11.0 Å². The third-order valence-electron chi connectivity index (χ3n) is 2.29. The summed E-state index contributed by atoms with van der Waals surface area (Å²) in [5.74, 6) is 1.56. The molecule has 0 fully saturated rings. The van der Waals surface area contributed by atoms with Crippen LogP contribution in [0.2, 0.25) is 0 Å². The zero-order valence-corrected chi connectivity index (χ0v) is 10.3. The van der Waals surface area contributed by atoms with E-state index < -0.39 is 0 Å². The van der Waals surface area contributed by atoms with Crippen LogP contribution in [0, 0.1) is 6.92 Å². The number of fused-ring (bicyclic) bond motifs is 1. The van der Waals surface area contributed by atoms with E-state index in [4.69, 9.17) is 0 Å². The zero-order chi connectivity index (χ0) is 11.4. The Morgan fingerprint density at radius 3 is 2.53 bits per heavy atom. The van der Waals surface area contributed by atoms with Crippen LogP contribution >= 0.6 is 0 Å². The lowest BCUT2D eigenvalue weighted by Gasteiger charge is -2.03. The number of aromatic amines is 1. The Morgan fingerprint density at radius 2 is 1.93 bits per heavy atom. The van der Waals surface area contributed by atoms with Crippen LogP contribution < -0.4 is 0 Å². The fourth-order valence-corrected chi connectivity index (χ4v) is 1.51. The van der Waals surface area contributed by atoms with Gasteiger partial charge < -0.3 is 4.98 Å². The number of nitrogens with zero attached hydrogens (tertiary/aromatic N) is 1. The number of hydrogen-bond acceptors (Lipinski definition) is 1. The van der Waals surface area contributed by atoms with Crippen molar-refractivity contribution in [3.05, 3.63) is 29.6 Å². The van der Waals surface area contributed by atoms with Gasteiger partial charge in [-0.15, -0.1) is 0 Å². The smallest absolute Gasteiger partial charge is 0.104 e. The minimum Gasteiger partial charge on any atom is -0.342 e. The molecule has 0 amide bonds. The fourth-order valence-electron chi connectivity index (χ4n) is 1.51. The second-order valence-corrected chi connectivity index (χ2v) is 3.75. The molecule has 0 spiro atoms. The second kappa shape index (κ2) is 4.96. The van der Waals surface area contributed by atoms with E-state index in [9.17, 15) is 0 Å². The highest BCUT2D eigenvalue weighted by molar-refractivity contribution is 5.75. The Labute approximate surface area is 93.2 Å². The molecule has 2 aromatic rings. The van der Waals surface area contributed by atoms with E-state index in [-0.39, 0.29) is 1.43 Å². The van der Waals surface area contributed by atoms with Gasteiger partial charge in [-0.1, -0.05) is 33.8 Å². The van der Waals surface area contributed by atoms with E-state index in [2.05, 4.69) is 42.0 Å². The average Bonchev–Trinajstić information content (AvgIpc) is 2.59. The number of nitrogens with one attached hydrogen (secondary N) is 1. The highest BCUT2D eigenvalue weighted by Crippen LogP contribution is 2.19. The summed E-state index contributed by atoms with van der Waals surface area (Å²) in [7, 11) is 0. The lowest BCUT2D eigenvalue weighted by Crippen LogP contribution is -1.85. The van der Waals surface area contributed by atoms with Crippen LogP contribution in [-0.2, 0) is 0 Å². The van der Waals surface area contributed by atoms with Crippen molar-refractivity contribution in [2.24, 2.45) is 0 Å². The van der Waals surface area contributed by atoms with Crippen molar-refractivity contribution in [3.8, 4) is 0 Å². The summed E-state index contributed by atoms with van der Waals surface area (Å²) < 4.78 is 0. The Hall–Kier alpha value is -1.31. The van der Waals surface area contributed by atoms with Crippen molar-refractivity contribution >= 4 is 11.0 Å². The molecular formula is C13H22N2. The van der Waals surface area contributed by atoms with E-state index in [0.29, 0.717) is 5.92 Å². The minimum atomic E-state index is 0. The monoisotopic (exact) mass is 206 g/mol. The van der Waals surface area contributed by atoms with Crippen LogP contribution in [0.3, 0.4) is 0 Å². The molecule has 0 bridgehead atoms. The molecule has 2 nitrogen and oxygen atoms in total. The van der Waals surface area contributed by atoms with E-state index in [1.807, 2.05) is 20.8 Å². The fraction of sp³-hybridized carbons (Fsp3) is 0.462. The Balaban J connectivity index is 0.000000711. The topological polar surface area (TPSA) is 28.7 Å². The minimum absolute atomic E-state index is 0. The van der Waals surface area contributed by atoms with E-state index in [0.717, 1.165) is 16.9 Å². The van der Waals surface area contributed by atoms with Crippen LogP contribution in [0.15, 0.2) is 18.2 Å². The standard InChI is InChI=1S/C11H14N2.C2H6.H2/c1-7(2)9-4-5-10-11(6-9)13-8(3)12-10;1-2;/h4-7H,1-3H3,(H,12,13);1-2H3;1H. The third kappa shape index (κ3) is 2.58. The van der Waals surface area contributed by atoms with Gasteiger partial charge in [-0.25, -0.2) is 4.98 Å². The highest BCUT2D eigenvalue weighted by atomic mass is 14.9. The first kappa shape index (κ1) is 11.8. The molecule has 0 aliphatic carbocycles. The molecule has 0 aliphatic rings. The van der Waals surface area contributed by atoms with Crippen LogP contribution in [0.5, 0.6) is 0 Å². The molecule has 0 saturated carbocycles. The third-order valence-corrected chi connectivity index (χ3v) is 2.29. The Morgan fingerprint density at radius 1 is 1.27 bits per heavy atom. The van der Waals surface area contributed by atoms with Crippen molar-refractivity contribution in [1.82, 2.24) is 9.97 Å². The van der Waals surface area contributed by atoms with Gasteiger partial charge in [-0.05, 0) is 30.5 Å². The summed E-state index contributed by atoms with van der Waals surface area (Å²) in [6.07, 6.45) is 0. The van der Waals surface area contributed by atoms with E-state index in [1.54, 1.807) is 0 Å². The molecule has 15 heavy (non-hydrogen) atoms. The van der Waals surface area contributed by atoms with Crippen molar-refractivity contribution < 1.29 is 1.43 Å². The number of H-pyrrole nitrogens is 1. The summed E-state index contributed by atoms with van der Waals surface area (Å²) in [6.45, 7) is 10.4. The van der Waals surface area contributed by atoms with Gasteiger partial charge in [0.05, 0.1) is 11.0 Å². The summed E-state index contributed by atoms with van der Waals surface area (Å²) in [4.78, 5) is 7.60. The maximum Gasteiger partial charge on any atom is 0.104 e. The quantitative estimate of drug-likeness (QED) is 0.741. The molecule has 1 aromatic carbocycles. The van der Waals surface area contributed by atoms with Gasteiger partial charge in [0.2, 0.25) is 0 Å². The molecule has 1 N–H and O–H groups in total. The molecule has 2 heteroatoms. The SMILES string of the molecule is CC.Cc1nc2ccc(C(C)C)cc2[nH]1.[HH]. The summed E-state index contributed by atoms with van der Waals surface area (Å²) in [6, 6.07) is 6.40. The number of aryl methyl sites for hydroxylation is 1. The van der Waals surface area contributed by atoms with Crippen molar-refractivity contribution in [3.63, 3.8) is 0 Å². The lowest BCUT2D eigenvalue weighted by atomic mass is 10.0. The molecular weight excluding hydrogens is 184 g/mol. The molecule has 1 aromatic heterocycles. The van der Waals surface area contributed by atoms with Gasteiger partial charge >= 0.3 is 0 Å². The summed E-state index contributed by atoms with van der Waals surface area (Å²) in [5, 5.41) is 0. The molecule has 1 heterocycles. The van der Waals surface area contributed by atoms with Gasteiger partial charge in [0.15, 0.2) is 0 Å². The van der Waals surface area contributed by atoms with Gasteiger partial charge in [-0.2, -0.15) is 0 Å². The predicted molar refractivity (Wildman–Crippen MR) is 68.4 cm³/mol. The zero-order valence-electron chi connectivity index (χ0n) is 10.3. The first-order valence-electron chi connectivity index (χ1n) is 5.63. The first-order valence-corrected chi connectivity index (χ1v) is 5.63. The van der Waals surface area contributed by atoms with Crippen molar-refractivity contribution in [2.75, 3.05) is 0 Å². The number of imidazole rings is 1. The molecule has 84 valence electrons. The van der Waals surface area contributed by atoms with Crippen molar-refractivity contribution in [1.29, 1.82) is 0 Å². The van der Waals surface area contributed by atoms with Crippen LogP contribution in [0.4, 0.5) is 0 Å². The Kier molecular flexibility index (Phi) is 3.89. The van der Waals surface area contributed by atoms with Crippen LogP contribution in [-0.4, -0.2) is 9.97 Å². The lowest BCUT2D eigenvalue weighted by molar-refractivity contribution is 0.868. The summed E-state index contributed by atoms with van der Waals surface area (Å²) >= 11 is 0. The van der Waals surface area contributed by atoms with Gasteiger partial charge in [0.1, 0.15) is 5.82 Å². The molecule has 0 unspecified atom stereocenters. The average molecular weight is 206 g/mol. The summed E-state index contributed by atoms with van der Waals surface area (Å²) in [5.41, 5.74) is 3.56. The van der Waals surface area contributed by atoms with E-state index >= 15 is 0 Å². The molecule has 0 aliphatic heterocycles. The molecule has 0 atom stereocenters. The predicted octanol–water partition coefficient (Wildman–Crippen LogP) is 4.27. The molecule has 0 saturated heterocycles. The number of aromatic nitrogens is 2. The number of rotatable bonds is 1. The number of hydrogen-bond donors (Lipinski definition) is 1. The second-order valence-electron chi connectivity index (χ2n) is 3.75. The normalized spacial score (nSPS) is 10.3. The highest BCUT2D eigenvalue weighted by Gasteiger charge is 2.02. The Bertz CT molecular complexity index is 432. The maximum atomic E-state index is 4.36. The molecule has 0 radical (unpaired) electrons. The van der Waals surface area contributed by atoms with Gasteiger partial charge in [0, 0.05) is 1.43 Å². The van der Waals surface area contributed by atoms with E-state index in [1.165, 1.54) is 5.56 Å². The molecule has 2 rings (SSSR count). The van der Waals surface area contributed by atoms with Crippen LogP contribution in [0.1, 0.15) is 46.4 Å². The van der Waals surface area contributed by atoms with Crippen molar-refractivity contribution in [2.45, 2.75) is 40.5 Å².